The predicted molar refractivity (Wildman–Crippen MR) is 48.8 cm³/mol. The largest absolute Gasteiger partial charge is 0.306 e. The summed E-state index contributed by atoms with van der Waals surface area (Å²) in [7, 11) is 0. The Morgan fingerprint density at radius 2 is 2.08 bits per heavy atom. The Balaban J connectivity index is 2.68. The average Bonchev–Trinajstić information content (AvgIpc) is 2.30. The van der Waals surface area contributed by atoms with Crippen molar-refractivity contribution < 1.29 is 9.59 Å². The Labute approximate surface area is 76.7 Å². The number of carbonyl (C=O) groups excluding carboxylic acids is 2. The van der Waals surface area contributed by atoms with Crippen molar-refractivity contribution in [3.05, 3.63) is 0 Å². The van der Waals surface area contributed by atoms with Gasteiger partial charge in [-0.2, -0.15) is 0 Å². The molecule has 1 saturated heterocycles. The van der Waals surface area contributed by atoms with E-state index in [0.29, 0.717) is 18.0 Å². The molecular formula is C8H11NO2S. The van der Waals surface area contributed by atoms with Crippen molar-refractivity contribution in [3.8, 4) is 0 Å². The Bertz CT molecular complexity index is 249. The van der Waals surface area contributed by atoms with E-state index in [9.17, 15) is 9.59 Å². The summed E-state index contributed by atoms with van der Waals surface area (Å²) < 4.78 is 0. The van der Waals surface area contributed by atoms with Crippen LogP contribution in [0.15, 0.2) is 0 Å². The summed E-state index contributed by atoms with van der Waals surface area (Å²) in [6, 6.07) is 0. The first-order valence-electron chi connectivity index (χ1n) is 3.83. The standard InChI is InChI=1S/C8H11NO2S/c1-5(10)7-3-8(12)9(4-7)6(2)11/h7H,3-4H2,1-2H3/t7-/m0/s1. The fourth-order valence-corrected chi connectivity index (χ4v) is 1.69. The molecule has 12 heavy (non-hydrogen) atoms. The highest BCUT2D eigenvalue weighted by Crippen LogP contribution is 2.19. The summed E-state index contributed by atoms with van der Waals surface area (Å²) in [5.41, 5.74) is 0. The molecule has 1 atom stereocenters. The molecule has 0 aliphatic carbocycles. The fourth-order valence-electron chi connectivity index (χ4n) is 1.28. The van der Waals surface area contributed by atoms with Crippen molar-refractivity contribution in [2.45, 2.75) is 20.3 Å². The Morgan fingerprint density at radius 3 is 2.33 bits per heavy atom. The van der Waals surface area contributed by atoms with Gasteiger partial charge in [-0.15, -0.1) is 0 Å². The van der Waals surface area contributed by atoms with Crippen molar-refractivity contribution in [2.75, 3.05) is 6.54 Å². The van der Waals surface area contributed by atoms with E-state index < -0.39 is 0 Å². The zero-order chi connectivity index (χ0) is 9.30. The van der Waals surface area contributed by atoms with Crippen molar-refractivity contribution in [2.24, 2.45) is 5.92 Å². The molecule has 0 radical (unpaired) electrons. The number of ketones is 1. The van der Waals surface area contributed by atoms with Gasteiger partial charge >= 0.3 is 0 Å². The maximum Gasteiger partial charge on any atom is 0.224 e. The van der Waals surface area contributed by atoms with Crippen LogP contribution in [0.4, 0.5) is 0 Å². The van der Waals surface area contributed by atoms with E-state index in [4.69, 9.17) is 12.2 Å². The lowest BCUT2D eigenvalue weighted by Crippen LogP contribution is -2.29. The lowest BCUT2D eigenvalue weighted by Gasteiger charge is -2.12. The quantitative estimate of drug-likeness (QED) is 0.566. The molecule has 0 unspecified atom stereocenters. The number of hydrogen-bond donors (Lipinski definition) is 0. The van der Waals surface area contributed by atoms with Crippen LogP contribution >= 0.6 is 12.2 Å². The Morgan fingerprint density at radius 1 is 1.50 bits per heavy atom. The number of thiocarbonyl (C=S) groups is 1. The number of carbonyl (C=O) groups is 2. The van der Waals surface area contributed by atoms with Crippen LogP contribution < -0.4 is 0 Å². The normalized spacial score (nSPS) is 23.0. The van der Waals surface area contributed by atoms with Crippen LogP contribution in [0.2, 0.25) is 0 Å². The van der Waals surface area contributed by atoms with Crippen LogP contribution in [0.25, 0.3) is 0 Å². The predicted octanol–water partition coefficient (Wildman–Crippen LogP) is 0.771. The third-order valence-electron chi connectivity index (χ3n) is 2.08. The fraction of sp³-hybridized carbons (Fsp3) is 0.625. The smallest absolute Gasteiger partial charge is 0.224 e. The van der Waals surface area contributed by atoms with Crippen molar-refractivity contribution >= 4 is 28.9 Å². The highest BCUT2D eigenvalue weighted by Gasteiger charge is 2.31. The molecule has 3 nitrogen and oxygen atoms in total. The molecule has 0 aromatic carbocycles. The van der Waals surface area contributed by atoms with Gasteiger partial charge in [0.05, 0.1) is 4.99 Å². The molecule has 0 saturated carbocycles. The molecule has 0 aromatic rings. The minimum atomic E-state index is -0.0681. The third-order valence-corrected chi connectivity index (χ3v) is 2.47. The second kappa shape index (κ2) is 3.31. The van der Waals surface area contributed by atoms with Gasteiger partial charge in [-0.05, 0) is 6.92 Å². The number of nitrogens with zero attached hydrogens (tertiary/aromatic N) is 1. The molecule has 4 heteroatoms. The van der Waals surface area contributed by atoms with Gasteiger partial charge in [0.2, 0.25) is 5.91 Å². The van der Waals surface area contributed by atoms with Crippen LogP contribution in [-0.2, 0) is 9.59 Å². The monoisotopic (exact) mass is 185 g/mol. The van der Waals surface area contributed by atoms with E-state index in [1.54, 1.807) is 0 Å². The van der Waals surface area contributed by atoms with E-state index in [1.807, 2.05) is 0 Å². The van der Waals surface area contributed by atoms with Crippen LogP contribution in [0, 0.1) is 5.92 Å². The van der Waals surface area contributed by atoms with Crippen LogP contribution in [0.1, 0.15) is 20.3 Å². The topological polar surface area (TPSA) is 37.4 Å². The molecule has 1 fully saturated rings. The maximum atomic E-state index is 11.0. The number of amides is 1. The first-order valence-corrected chi connectivity index (χ1v) is 4.24. The van der Waals surface area contributed by atoms with Crippen molar-refractivity contribution in [1.29, 1.82) is 0 Å². The van der Waals surface area contributed by atoms with Crippen LogP contribution in [-0.4, -0.2) is 28.1 Å². The second-order valence-corrected chi connectivity index (χ2v) is 3.51. The lowest BCUT2D eigenvalue weighted by atomic mass is 10.1. The van der Waals surface area contributed by atoms with Crippen LogP contribution in [0.3, 0.4) is 0 Å². The van der Waals surface area contributed by atoms with E-state index in [1.165, 1.54) is 18.7 Å². The molecule has 1 amide bonds. The highest BCUT2D eigenvalue weighted by atomic mass is 32.1. The molecule has 0 spiro atoms. The molecule has 1 aliphatic rings. The van der Waals surface area contributed by atoms with Gasteiger partial charge in [-0.1, -0.05) is 12.2 Å². The number of Topliss-reactive ketones (excluding diaryl/α,β-unsaturated/α-hetero) is 1. The zero-order valence-electron chi connectivity index (χ0n) is 7.16. The van der Waals surface area contributed by atoms with Gasteiger partial charge < -0.3 is 4.90 Å². The SMILES string of the molecule is CC(=O)[C@H]1CC(=S)N(C(C)=O)C1. The van der Waals surface area contributed by atoms with Crippen LogP contribution in [0.5, 0.6) is 0 Å². The molecule has 66 valence electrons. The van der Waals surface area contributed by atoms with Gasteiger partial charge in [-0.25, -0.2) is 0 Å². The first-order chi connectivity index (χ1) is 5.52. The van der Waals surface area contributed by atoms with Gasteiger partial charge in [0.25, 0.3) is 0 Å². The second-order valence-electron chi connectivity index (χ2n) is 3.04. The molecule has 1 aliphatic heterocycles. The number of hydrogen-bond acceptors (Lipinski definition) is 3. The van der Waals surface area contributed by atoms with Gasteiger partial charge in [0.1, 0.15) is 5.78 Å². The summed E-state index contributed by atoms with van der Waals surface area (Å²) in [5, 5.41) is 0. The highest BCUT2D eigenvalue weighted by molar-refractivity contribution is 7.80. The average molecular weight is 185 g/mol. The summed E-state index contributed by atoms with van der Waals surface area (Å²) in [4.78, 5) is 24.0. The first kappa shape index (κ1) is 9.32. The third kappa shape index (κ3) is 1.69. The van der Waals surface area contributed by atoms with Crippen molar-refractivity contribution in [1.82, 2.24) is 4.90 Å². The molecular weight excluding hydrogens is 174 g/mol. The maximum absolute atomic E-state index is 11.0. The molecule has 0 aromatic heterocycles. The van der Waals surface area contributed by atoms with E-state index in [2.05, 4.69) is 0 Å². The summed E-state index contributed by atoms with van der Waals surface area (Å²) in [5.74, 6) is -0.0220. The molecule has 1 heterocycles. The molecule has 1 rings (SSSR count). The summed E-state index contributed by atoms with van der Waals surface area (Å²) in [6.45, 7) is 3.48. The minimum absolute atomic E-state index is 0.0660. The Hall–Kier alpha value is -0.770. The minimum Gasteiger partial charge on any atom is -0.306 e. The zero-order valence-corrected chi connectivity index (χ0v) is 7.98. The Kier molecular flexibility index (Phi) is 2.57. The number of rotatable bonds is 1. The summed E-state index contributed by atoms with van der Waals surface area (Å²) in [6.07, 6.45) is 0.560. The molecule has 0 bridgehead atoms. The van der Waals surface area contributed by atoms with E-state index in [-0.39, 0.29) is 17.6 Å². The van der Waals surface area contributed by atoms with Gasteiger partial charge in [0.15, 0.2) is 0 Å². The number of likely N-dealkylation sites (tertiary alicyclic amines) is 1. The van der Waals surface area contributed by atoms with E-state index in [0.717, 1.165) is 0 Å². The summed E-state index contributed by atoms with van der Waals surface area (Å²) >= 11 is 4.97. The van der Waals surface area contributed by atoms with E-state index >= 15 is 0 Å². The lowest BCUT2D eigenvalue weighted by molar-refractivity contribution is -0.125. The van der Waals surface area contributed by atoms with Crippen molar-refractivity contribution in [3.63, 3.8) is 0 Å². The molecule has 0 N–H and O–H groups in total. The van der Waals surface area contributed by atoms with Gasteiger partial charge in [-0.3, -0.25) is 9.59 Å². The van der Waals surface area contributed by atoms with Gasteiger partial charge in [0, 0.05) is 25.8 Å².